The Morgan fingerprint density at radius 1 is 0.667 bits per heavy atom. The van der Waals surface area contributed by atoms with E-state index >= 15 is 0 Å². The third-order valence-corrected chi connectivity index (χ3v) is 4.54. The molecule has 0 aromatic heterocycles. The maximum atomic E-state index is 11.6. The number of halogens is 2. The summed E-state index contributed by atoms with van der Waals surface area (Å²) in [5.41, 5.74) is 0.855. The van der Waals surface area contributed by atoms with Crippen molar-refractivity contribution in [3.05, 3.63) is 99.5 Å². The first kappa shape index (κ1) is 16.8. The standard InChI is InChI=1S/C20H16Cl2O2/c1-24-19-12-6-16(7-13-19)20(23,14-2-8-17(21)9-3-14)15-4-10-18(22)11-5-15/h2-13,23H,1H3. The molecule has 0 unspecified atom stereocenters. The van der Waals surface area contributed by atoms with Crippen molar-refractivity contribution in [2.75, 3.05) is 7.11 Å². The van der Waals surface area contributed by atoms with Crippen LogP contribution in [0.5, 0.6) is 5.75 Å². The third kappa shape index (κ3) is 3.13. The van der Waals surface area contributed by atoms with Crippen LogP contribution in [0.2, 0.25) is 10.0 Å². The zero-order chi connectivity index (χ0) is 17.2. The molecule has 122 valence electrons. The van der Waals surface area contributed by atoms with E-state index in [1.54, 1.807) is 31.4 Å². The quantitative estimate of drug-likeness (QED) is 0.642. The van der Waals surface area contributed by atoms with Crippen molar-refractivity contribution in [1.29, 1.82) is 0 Å². The molecule has 24 heavy (non-hydrogen) atoms. The van der Waals surface area contributed by atoms with E-state index in [-0.39, 0.29) is 0 Å². The van der Waals surface area contributed by atoms with Crippen LogP contribution < -0.4 is 4.74 Å². The SMILES string of the molecule is COc1ccc(C(O)(c2ccc(Cl)cc2)c2ccc(Cl)cc2)cc1. The van der Waals surface area contributed by atoms with Gasteiger partial charge in [-0.2, -0.15) is 0 Å². The number of aliphatic hydroxyl groups is 1. The molecule has 0 aliphatic heterocycles. The highest BCUT2D eigenvalue weighted by atomic mass is 35.5. The first-order valence-corrected chi connectivity index (χ1v) is 8.18. The Hall–Kier alpha value is -2.00. The summed E-state index contributed by atoms with van der Waals surface area (Å²) >= 11 is 12.0. The number of ether oxygens (including phenoxy) is 1. The van der Waals surface area contributed by atoms with E-state index in [0.29, 0.717) is 10.0 Å². The van der Waals surface area contributed by atoms with Crippen molar-refractivity contribution in [3.63, 3.8) is 0 Å². The lowest BCUT2D eigenvalue weighted by atomic mass is 9.80. The minimum Gasteiger partial charge on any atom is -0.497 e. The maximum absolute atomic E-state index is 11.6. The molecule has 3 rings (SSSR count). The first-order chi connectivity index (χ1) is 11.5. The molecule has 0 radical (unpaired) electrons. The molecular weight excluding hydrogens is 343 g/mol. The minimum absolute atomic E-state index is 0.618. The van der Waals surface area contributed by atoms with Gasteiger partial charge in [-0.1, -0.05) is 59.6 Å². The Labute approximate surface area is 151 Å². The average Bonchev–Trinajstić information content (AvgIpc) is 2.62. The molecule has 2 nitrogen and oxygen atoms in total. The molecule has 3 aromatic rings. The molecular formula is C20H16Cl2O2. The fourth-order valence-electron chi connectivity index (χ4n) is 2.71. The third-order valence-electron chi connectivity index (χ3n) is 4.03. The van der Waals surface area contributed by atoms with Crippen molar-refractivity contribution in [3.8, 4) is 5.75 Å². The van der Waals surface area contributed by atoms with Gasteiger partial charge in [-0.15, -0.1) is 0 Å². The van der Waals surface area contributed by atoms with Crippen LogP contribution >= 0.6 is 23.2 Å². The highest BCUT2D eigenvalue weighted by Gasteiger charge is 2.33. The Balaban J connectivity index is 2.18. The average molecular weight is 359 g/mol. The predicted octanol–water partition coefficient (Wildman–Crippen LogP) is 5.29. The summed E-state index contributed by atoms with van der Waals surface area (Å²) in [5.74, 6) is 0.730. The molecule has 4 heteroatoms. The number of hydrogen-bond acceptors (Lipinski definition) is 2. The lowest BCUT2D eigenvalue weighted by Gasteiger charge is -2.30. The van der Waals surface area contributed by atoms with Crippen molar-refractivity contribution < 1.29 is 9.84 Å². The summed E-state index contributed by atoms with van der Waals surface area (Å²) in [4.78, 5) is 0. The summed E-state index contributed by atoms with van der Waals surface area (Å²) in [6, 6.07) is 21.7. The topological polar surface area (TPSA) is 29.5 Å². The van der Waals surface area contributed by atoms with Gasteiger partial charge >= 0.3 is 0 Å². The minimum atomic E-state index is -1.32. The number of hydrogen-bond donors (Lipinski definition) is 1. The lowest BCUT2D eigenvalue weighted by molar-refractivity contribution is 0.125. The highest BCUT2D eigenvalue weighted by molar-refractivity contribution is 6.30. The molecule has 0 atom stereocenters. The fraction of sp³-hybridized carbons (Fsp3) is 0.100. The van der Waals surface area contributed by atoms with Gasteiger partial charge in [-0.3, -0.25) is 0 Å². The van der Waals surface area contributed by atoms with Crippen LogP contribution in [-0.4, -0.2) is 12.2 Å². The first-order valence-electron chi connectivity index (χ1n) is 7.43. The molecule has 0 fully saturated rings. The zero-order valence-corrected chi connectivity index (χ0v) is 14.6. The largest absolute Gasteiger partial charge is 0.497 e. The van der Waals surface area contributed by atoms with Crippen LogP contribution in [0.3, 0.4) is 0 Å². The van der Waals surface area contributed by atoms with Crippen LogP contribution in [0.4, 0.5) is 0 Å². The molecule has 0 bridgehead atoms. The Morgan fingerprint density at radius 2 is 1.00 bits per heavy atom. The Kier molecular flexibility index (Phi) is 4.81. The Bertz CT molecular complexity index is 764. The van der Waals surface area contributed by atoms with E-state index in [1.807, 2.05) is 48.5 Å². The number of methoxy groups -OCH3 is 1. The van der Waals surface area contributed by atoms with Gasteiger partial charge < -0.3 is 9.84 Å². The monoisotopic (exact) mass is 358 g/mol. The van der Waals surface area contributed by atoms with Crippen molar-refractivity contribution in [2.45, 2.75) is 5.60 Å². The van der Waals surface area contributed by atoms with E-state index < -0.39 is 5.60 Å². The van der Waals surface area contributed by atoms with Crippen LogP contribution in [0.1, 0.15) is 16.7 Å². The van der Waals surface area contributed by atoms with E-state index in [1.165, 1.54) is 0 Å². The van der Waals surface area contributed by atoms with Gasteiger partial charge in [-0.05, 0) is 53.1 Å². The molecule has 0 amide bonds. The maximum Gasteiger partial charge on any atom is 0.140 e. The second-order valence-electron chi connectivity index (χ2n) is 5.45. The van der Waals surface area contributed by atoms with E-state index in [9.17, 15) is 5.11 Å². The summed E-state index contributed by atoms with van der Waals surface area (Å²) in [6.07, 6.45) is 0. The zero-order valence-electron chi connectivity index (χ0n) is 13.0. The number of benzene rings is 3. The van der Waals surface area contributed by atoms with E-state index in [0.717, 1.165) is 22.4 Å². The normalized spacial score (nSPS) is 11.3. The van der Waals surface area contributed by atoms with Gasteiger partial charge in [0.2, 0.25) is 0 Å². The molecule has 1 N–H and O–H groups in total. The van der Waals surface area contributed by atoms with Crippen LogP contribution in [0, 0.1) is 0 Å². The van der Waals surface area contributed by atoms with E-state index in [2.05, 4.69) is 0 Å². The molecule has 0 spiro atoms. The molecule has 0 heterocycles. The van der Waals surface area contributed by atoms with Gasteiger partial charge in [0, 0.05) is 10.0 Å². The second kappa shape index (κ2) is 6.86. The van der Waals surface area contributed by atoms with Crippen LogP contribution in [-0.2, 0) is 5.60 Å². The smallest absolute Gasteiger partial charge is 0.140 e. The van der Waals surface area contributed by atoms with Crippen molar-refractivity contribution in [1.82, 2.24) is 0 Å². The van der Waals surface area contributed by atoms with Gasteiger partial charge in [0.05, 0.1) is 7.11 Å². The van der Waals surface area contributed by atoms with Crippen LogP contribution in [0.25, 0.3) is 0 Å². The molecule has 0 saturated carbocycles. The summed E-state index contributed by atoms with van der Waals surface area (Å²) < 4.78 is 5.21. The van der Waals surface area contributed by atoms with Gasteiger partial charge in [0.15, 0.2) is 0 Å². The van der Waals surface area contributed by atoms with Gasteiger partial charge in [0.1, 0.15) is 11.4 Å². The number of rotatable bonds is 4. The lowest BCUT2D eigenvalue weighted by Crippen LogP contribution is -2.28. The molecule has 0 saturated heterocycles. The highest BCUT2D eigenvalue weighted by Crippen LogP contribution is 2.38. The van der Waals surface area contributed by atoms with Crippen molar-refractivity contribution in [2.24, 2.45) is 0 Å². The van der Waals surface area contributed by atoms with Crippen molar-refractivity contribution >= 4 is 23.2 Å². The van der Waals surface area contributed by atoms with Gasteiger partial charge in [0.25, 0.3) is 0 Å². The molecule has 0 aliphatic rings. The molecule has 3 aromatic carbocycles. The summed E-state index contributed by atoms with van der Waals surface area (Å²) in [5, 5.41) is 12.9. The van der Waals surface area contributed by atoms with Gasteiger partial charge in [-0.25, -0.2) is 0 Å². The summed E-state index contributed by atoms with van der Waals surface area (Å²) in [6.45, 7) is 0. The second-order valence-corrected chi connectivity index (χ2v) is 6.33. The summed E-state index contributed by atoms with van der Waals surface area (Å²) in [7, 11) is 1.61. The fourth-order valence-corrected chi connectivity index (χ4v) is 2.97. The molecule has 0 aliphatic carbocycles. The predicted molar refractivity (Wildman–Crippen MR) is 98.0 cm³/mol. The Morgan fingerprint density at radius 3 is 1.33 bits per heavy atom. The van der Waals surface area contributed by atoms with E-state index in [4.69, 9.17) is 27.9 Å². The van der Waals surface area contributed by atoms with Crippen LogP contribution in [0.15, 0.2) is 72.8 Å².